The van der Waals surface area contributed by atoms with Crippen molar-refractivity contribution in [2.24, 2.45) is 0 Å². The van der Waals surface area contributed by atoms with Gasteiger partial charge in [0.25, 0.3) is 11.6 Å². The summed E-state index contributed by atoms with van der Waals surface area (Å²) in [5.41, 5.74) is 3.54. The number of aromatic nitrogens is 3. The van der Waals surface area contributed by atoms with Crippen LogP contribution >= 0.6 is 11.8 Å². The minimum Gasteiger partial charge on any atom is -0.342 e. The molecule has 1 aromatic heterocycles. The van der Waals surface area contributed by atoms with E-state index in [2.05, 4.69) is 22.4 Å². The average Bonchev–Trinajstić information content (AvgIpc) is 3.32. The summed E-state index contributed by atoms with van der Waals surface area (Å²) in [5, 5.41) is 23.5. The summed E-state index contributed by atoms with van der Waals surface area (Å²) in [6.45, 7) is 3.91. The molecule has 1 unspecified atom stereocenters. The van der Waals surface area contributed by atoms with Gasteiger partial charge in [-0.05, 0) is 48.7 Å². The predicted molar refractivity (Wildman–Crippen MR) is 136 cm³/mol. The molecular formula is C26H25N5O3S. The van der Waals surface area contributed by atoms with Crippen LogP contribution < -0.4 is 5.32 Å². The number of benzene rings is 3. The summed E-state index contributed by atoms with van der Waals surface area (Å²) in [7, 11) is 0. The number of aryl methyl sites for hydroxylation is 1. The van der Waals surface area contributed by atoms with E-state index in [0.717, 1.165) is 17.5 Å². The molecule has 0 saturated heterocycles. The smallest absolute Gasteiger partial charge is 0.269 e. The molecule has 178 valence electrons. The van der Waals surface area contributed by atoms with Crippen LogP contribution in [0, 0.1) is 10.1 Å². The molecule has 0 saturated carbocycles. The molecule has 35 heavy (non-hydrogen) atoms. The first-order chi connectivity index (χ1) is 17.0. The topological polar surface area (TPSA) is 103 Å². The van der Waals surface area contributed by atoms with Crippen LogP contribution in [-0.2, 0) is 12.2 Å². The van der Waals surface area contributed by atoms with Crippen LogP contribution in [0.1, 0.15) is 47.2 Å². The first-order valence-corrected chi connectivity index (χ1v) is 12.2. The number of thioether (sulfide) groups is 1. The highest BCUT2D eigenvalue weighted by Crippen LogP contribution is 2.28. The van der Waals surface area contributed by atoms with E-state index in [1.165, 1.54) is 23.9 Å². The fraction of sp³-hybridized carbons (Fsp3) is 0.192. The van der Waals surface area contributed by atoms with Gasteiger partial charge in [0.05, 0.1) is 11.0 Å². The van der Waals surface area contributed by atoms with Crippen molar-refractivity contribution >= 4 is 23.4 Å². The molecule has 4 rings (SSSR count). The lowest BCUT2D eigenvalue weighted by Gasteiger charge is -2.16. The molecule has 0 aliphatic rings. The monoisotopic (exact) mass is 487 g/mol. The number of hydrogen-bond donors (Lipinski definition) is 1. The Morgan fingerprint density at radius 2 is 1.69 bits per heavy atom. The maximum Gasteiger partial charge on any atom is 0.269 e. The third-order valence-corrected chi connectivity index (χ3v) is 6.55. The van der Waals surface area contributed by atoms with Gasteiger partial charge in [-0.15, -0.1) is 10.2 Å². The molecule has 4 aromatic rings. The number of amides is 1. The van der Waals surface area contributed by atoms with Crippen molar-refractivity contribution in [2.75, 3.05) is 0 Å². The highest BCUT2D eigenvalue weighted by Gasteiger charge is 2.22. The number of hydrogen-bond acceptors (Lipinski definition) is 6. The number of carbonyl (C=O) groups is 1. The molecular weight excluding hydrogens is 462 g/mol. The van der Waals surface area contributed by atoms with Crippen molar-refractivity contribution in [1.82, 2.24) is 20.1 Å². The van der Waals surface area contributed by atoms with Crippen LogP contribution in [0.5, 0.6) is 0 Å². The Labute approximate surface area is 207 Å². The molecule has 8 nitrogen and oxygen atoms in total. The van der Waals surface area contributed by atoms with Crippen LogP contribution in [0.3, 0.4) is 0 Å². The number of rotatable bonds is 9. The molecule has 0 aliphatic heterocycles. The van der Waals surface area contributed by atoms with Gasteiger partial charge in [-0.2, -0.15) is 0 Å². The van der Waals surface area contributed by atoms with Crippen molar-refractivity contribution in [3.05, 3.63) is 111 Å². The van der Waals surface area contributed by atoms with E-state index in [1.54, 1.807) is 12.1 Å². The number of carbonyl (C=O) groups excluding carboxylic acids is 1. The highest BCUT2D eigenvalue weighted by atomic mass is 32.2. The Morgan fingerprint density at radius 3 is 2.31 bits per heavy atom. The van der Waals surface area contributed by atoms with Gasteiger partial charge in [0.1, 0.15) is 0 Å². The predicted octanol–water partition coefficient (Wildman–Crippen LogP) is 5.52. The normalized spacial score (nSPS) is 11.7. The summed E-state index contributed by atoms with van der Waals surface area (Å²) in [6.07, 6.45) is 0.903. The second-order valence-corrected chi connectivity index (χ2v) is 8.91. The minimum absolute atomic E-state index is 0.00117. The summed E-state index contributed by atoms with van der Waals surface area (Å²) in [4.78, 5) is 23.5. The van der Waals surface area contributed by atoms with Gasteiger partial charge >= 0.3 is 0 Å². The van der Waals surface area contributed by atoms with E-state index in [1.807, 2.05) is 66.1 Å². The summed E-state index contributed by atoms with van der Waals surface area (Å²) < 4.78 is 1.84. The maximum atomic E-state index is 12.9. The fourth-order valence-corrected chi connectivity index (χ4v) is 4.49. The zero-order valence-corrected chi connectivity index (χ0v) is 20.2. The Bertz CT molecular complexity index is 1310. The van der Waals surface area contributed by atoms with E-state index < -0.39 is 11.0 Å². The van der Waals surface area contributed by atoms with Gasteiger partial charge < -0.3 is 5.32 Å². The van der Waals surface area contributed by atoms with E-state index >= 15 is 0 Å². The van der Waals surface area contributed by atoms with E-state index in [9.17, 15) is 14.9 Å². The molecule has 9 heteroatoms. The van der Waals surface area contributed by atoms with Crippen molar-refractivity contribution in [2.45, 2.75) is 37.2 Å². The number of nitro groups is 1. The molecule has 0 aliphatic carbocycles. The number of non-ortho nitro benzene ring substituents is 1. The van der Waals surface area contributed by atoms with Crippen LogP contribution in [0.2, 0.25) is 0 Å². The van der Waals surface area contributed by atoms with E-state index in [4.69, 9.17) is 0 Å². The zero-order chi connectivity index (χ0) is 24.8. The number of nitro benzene ring substituents is 1. The largest absolute Gasteiger partial charge is 0.342 e. The average molecular weight is 488 g/mol. The molecule has 1 amide bonds. The summed E-state index contributed by atoms with van der Waals surface area (Å²) >= 11 is 1.51. The first kappa shape index (κ1) is 24.2. The lowest BCUT2D eigenvalue weighted by molar-refractivity contribution is -0.384. The molecule has 0 bridgehead atoms. The van der Waals surface area contributed by atoms with Crippen molar-refractivity contribution in [1.29, 1.82) is 0 Å². The standard InChI is InChI=1S/C26H25N5O3S/c1-3-19-9-11-21(12-10-19)25(32)27-18(2)24-28-29-26(35-17-20-7-5-4-6-8-20)30(24)22-13-15-23(16-14-22)31(33)34/h4-16,18H,3,17H2,1-2H3,(H,27,32). The van der Waals surface area contributed by atoms with Crippen LogP contribution in [0.4, 0.5) is 5.69 Å². The Balaban J connectivity index is 1.62. The number of nitrogens with zero attached hydrogens (tertiary/aromatic N) is 4. The van der Waals surface area contributed by atoms with Gasteiger partial charge in [0.15, 0.2) is 11.0 Å². The second kappa shape index (κ2) is 11.0. The zero-order valence-electron chi connectivity index (χ0n) is 19.4. The second-order valence-electron chi connectivity index (χ2n) is 7.97. The van der Waals surface area contributed by atoms with Crippen LogP contribution in [0.15, 0.2) is 84.0 Å². The molecule has 0 fully saturated rings. The van der Waals surface area contributed by atoms with E-state index in [0.29, 0.717) is 28.0 Å². The fourth-order valence-electron chi connectivity index (χ4n) is 3.58. The van der Waals surface area contributed by atoms with Crippen molar-refractivity contribution in [3.8, 4) is 5.69 Å². The molecule has 1 atom stereocenters. The lowest BCUT2D eigenvalue weighted by atomic mass is 10.1. The summed E-state index contributed by atoms with van der Waals surface area (Å²) in [6, 6.07) is 23.3. The van der Waals surface area contributed by atoms with Gasteiger partial charge in [0.2, 0.25) is 0 Å². The molecule has 3 aromatic carbocycles. The van der Waals surface area contributed by atoms with E-state index in [-0.39, 0.29) is 11.6 Å². The van der Waals surface area contributed by atoms with Gasteiger partial charge in [-0.1, -0.05) is 61.2 Å². The Kier molecular flexibility index (Phi) is 7.57. The van der Waals surface area contributed by atoms with Gasteiger partial charge in [-0.3, -0.25) is 19.5 Å². The van der Waals surface area contributed by atoms with Gasteiger partial charge in [0, 0.05) is 29.1 Å². The first-order valence-electron chi connectivity index (χ1n) is 11.2. The van der Waals surface area contributed by atoms with Crippen LogP contribution in [-0.4, -0.2) is 25.6 Å². The van der Waals surface area contributed by atoms with Crippen molar-refractivity contribution < 1.29 is 9.72 Å². The minimum atomic E-state index is -0.456. The number of nitrogens with one attached hydrogen (secondary N) is 1. The summed E-state index contributed by atoms with van der Waals surface area (Å²) in [5.74, 6) is 1.00. The Morgan fingerprint density at radius 1 is 1.00 bits per heavy atom. The third kappa shape index (κ3) is 5.75. The molecule has 0 radical (unpaired) electrons. The third-order valence-electron chi connectivity index (χ3n) is 5.55. The maximum absolute atomic E-state index is 12.9. The molecule has 0 spiro atoms. The SMILES string of the molecule is CCc1ccc(C(=O)NC(C)c2nnc(SCc3ccccc3)n2-c2ccc([N+](=O)[O-])cc2)cc1. The highest BCUT2D eigenvalue weighted by molar-refractivity contribution is 7.98. The molecule has 1 heterocycles. The molecule has 1 N–H and O–H groups in total. The van der Waals surface area contributed by atoms with Crippen LogP contribution in [0.25, 0.3) is 5.69 Å². The Hall–Kier alpha value is -3.98. The van der Waals surface area contributed by atoms with Gasteiger partial charge in [-0.25, -0.2) is 0 Å². The quantitative estimate of drug-likeness (QED) is 0.189. The lowest BCUT2D eigenvalue weighted by Crippen LogP contribution is -2.28. The van der Waals surface area contributed by atoms with Crippen molar-refractivity contribution in [3.63, 3.8) is 0 Å².